The molecule has 0 amide bonds. The first kappa shape index (κ1) is 23.2. The molecule has 170 valence electrons. The molecular formula is C20H22N4O7S. The fourth-order valence-electron chi connectivity index (χ4n) is 3.31. The van der Waals surface area contributed by atoms with Crippen molar-refractivity contribution in [2.24, 2.45) is 5.14 Å². The maximum Gasteiger partial charge on any atom is 0.271 e. The Balaban J connectivity index is 2.27. The van der Waals surface area contributed by atoms with Crippen molar-refractivity contribution in [3.8, 4) is 17.2 Å². The average Bonchev–Trinajstić information content (AvgIpc) is 3.21. The highest BCUT2D eigenvalue weighted by Gasteiger charge is 2.26. The SMILES string of the molecule is COc1ccc(Cc2cc([N+](=O)[O-])cc(S(N)(=O)=O)c2-n2cc(CCO)cn2)c(OC)c1. The number of aliphatic hydroxyl groups excluding tert-OH is 1. The van der Waals surface area contributed by atoms with Gasteiger partial charge in [0, 0.05) is 37.4 Å². The molecule has 0 atom stereocenters. The zero-order valence-electron chi connectivity index (χ0n) is 17.4. The lowest BCUT2D eigenvalue weighted by molar-refractivity contribution is -0.385. The van der Waals surface area contributed by atoms with Gasteiger partial charge in [0.1, 0.15) is 16.4 Å². The molecule has 0 bridgehead atoms. The van der Waals surface area contributed by atoms with Gasteiger partial charge in [-0.05, 0) is 29.2 Å². The summed E-state index contributed by atoms with van der Waals surface area (Å²) in [6.07, 6.45) is 3.41. The van der Waals surface area contributed by atoms with Crippen LogP contribution < -0.4 is 14.6 Å². The Labute approximate surface area is 184 Å². The van der Waals surface area contributed by atoms with E-state index in [9.17, 15) is 23.6 Å². The molecule has 0 fully saturated rings. The Bertz CT molecular complexity index is 1250. The lowest BCUT2D eigenvalue weighted by atomic mass is 10.0. The molecule has 0 aliphatic heterocycles. The lowest BCUT2D eigenvalue weighted by Crippen LogP contribution is -2.18. The van der Waals surface area contributed by atoms with Gasteiger partial charge in [-0.15, -0.1) is 0 Å². The second-order valence-corrected chi connectivity index (χ2v) is 8.40. The third-order valence-electron chi connectivity index (χ3n) is 4.80. The number of nitrogens with two attached hydrogens (primary N) is 1. The van der Waals surface area contributed by atoms with E-state index in [2.05, 4.69) is 5.10 Å². The average molecular weight is 462 g/mol. The number of sulfonamides is 1. The molecule has 0 radical (unpaired) electrons. The van der Waals surface area contributed by atoms with Gasteiger partial charge >= 0.3 is 0 Å². The van der Waals surface area contributed by atoms with Gasteiger partial charge < -0.3 is 14.6 Å². The summed E-state index contributed by atoms with van der Waals surface area (Å²) in [5.74, 6) is 1.01. The normalized spacial score (nSPS) is 11.4. The second kappa shape index (κ2) is 9.34. The van der Waals surface area contributed by atoms with Crippen molar-refractivity contribution in [2.75, 3.05) is 20.8 Å². The Kier molecular flexibility index (Phi) is 6.77. The summed E-state index contributed by atoms with van der Waals surface area (Å²) in [6, 6.07) is 7.26. The summed E-state index contributed by atoms with van der Waals surface area (Å²) in [6.45, 7) is -0.121. The van der Waals surface area contributed by atoms with Gasteiger partial charge in [-0.1, -0.05) is 6.07 Å². The van der Waals surface area contributed by atoms with E-state index in [1.807, 2.05) is 0 Å². The van der Waals surface area contributed by atoms with Crippen molar-refractivity contribution < 1.29 is 27.9 Å². The van der Waals surface area contributed by atoms with Crippen LogP contribution in [0.4, 0.5) is 5.69 Å². The molecule has 1 heterocycles. The number of nitro benzene ring substituents is 1. The predicted octanol–water partition coefficient (Wildman–Crippen LogP) is 1.57. The van der Waals surface area contributed by atoms with Crippen LogP contribution in [0.15, 0.2) is 47.6 Å². The van der Waals surface area contributed by atoms with Crippen molar-refractivity contribution in [1.82, 2.24) is 9.78 Å². The van der Waals surface area contributed by atoms with E-state index in [0.29, 0.717) is 34.6 Å². The molecule has 0 saturated carbocycles. The number of non-ortho nitro benzene ring substituents is 1. The number of nitro groups is 1. The molecule has 0 saturated heterocycles. The van der Waals surface area contributed by atoms with Crippen molar-refractivity contribution in [3.05, 3.63) is 69.5 Å². The molecule has 11 nitrogen and oxygen atoms in total. The van der Waals surface area contributed by atoms with Crippen molar-refractivity contribution >= 4 is 15.7 Å². The van der Waals surface area contributed by atoms with Gasteiger partial charge in [0.25, 0.3) is 5.69 Å². The lowest BCUT2D eigenvalue weighted by Gasteiger charge is -2.16. The third-order valence-corrected chi connectivity index (χ3v) is 5.72. The number of aromatic nitrogens is 2. The summed E-state index contributed by atoms with van der Waals surface area (Å²) in [7, 11) is -1.37. The predicted molar refractivity (Wildman–Crippen MR) is 115 cm³/mol. The first-order valence-electron chi connectivity index (χ1n) is 9.37. The second-order valence-electron chi connectivity index (χ2n) is 6.88. The van der Waals surface area contributed by atoms with Crippen LogP contribution in [-0.4, -0.2) is 49.1 Å². The van der Waals surface area contributed by atoms with E-state index < -0.39 is 25.5 Å². The molecule has 3 rings (SSSR count). The molecule has 0 aliphatic carbocycles. The van der Waals surface area contributed by atoms with E-state index in [1.165, 1.54) is 31.2 Å². The van der Waals surface area contributed by atoms with E-state index in [4.69, 9.17) is 14.6 Å². The molecule has 12 heteroatoms. The minimum atomic E-state index is -4.35. The largest absolute Gasteiger partial charge is 0.497 e. The van der Waals surface area contributed by atoms with Crippen LogP contribution >= 0.6 is 0 Å². The number of rotatable bonds is 9. The van der Waals surface area contributed by atoms with Gasteiger partial charge in [-0.3, -0.25) is 10.1 Å². The van der Waals surface area contributed by atoms with Crippen molar-refractivity contribution in [1.29, 1.82) is 0 Å². The maximum atomic E-state index is 12.4. The van der Waals surface area contributed by atoms with Crippen molar-refractivity contribution in [2.45, 2.75) is 17.7 Å². The summed E-state index contributed by atoms with van der Waals surface area (Å²) in [5.41, 5.74) is 1.24. The standard InChI is InChI=1S/C20H22N4O7S/c1-30-17-4-3-14(18(10-17)31-2)7-15-8-16(24(26)27)9-19(32(21,28)29)20(15)23-12-13(5-6-25)11-22-23/h3-4,8-12,25H,5-7H2,1-2H3,(H2,21,28,29). The minimum absolute atomic E-state index is 0.0835. The number of hydrogen-bond acceptors (Lipinski definition) is 8. The summed E-state index contributed by atoms with van der Waals surface area (Å²) in [4.78, 5) is 10.4. The monoisotopic (exact) mass is 462 g/mol. The van der Waals surface area contributed by atoms with Gasteiger partial charge in [0.15, 0.2) is 0 Å². The fourth-order valence-corrected chi connectivity index (χ4v) is 4.09. The van der Waals surface area contributed by atoms with E-state index >= 15 is 0 Å². The van der Waals surface area contributed by atoms with Gasteiger partial charge in [0.2, 0.25) is 10.0 Å². The Morgan fingerprint density at radius 3 is 2.53 bits per heavy atom. The van der Waals surface area contributed by atoms with Crippen LogP contribution in [0.1, 0.15) is 16.7 Å². The molecular weight excluding hydrogens is 440 g/mol. The minimum Gasteiger partial charge on any atom is -0.497 e. The molecule has 1 aromatic heterocycles. The van der Waals surface area contributed by atoms with Crippen LogP contribution in [0, 0.1) is 10.1 Å². The molecule has 3 N–H and O–H groups in total. The van der Waals surface area contributed by atoms with Crippen LogP contribution in [0.2, 0.25) is 0 Å². The number of primary sulfonamides is 1. The fraction of sp³-hybridized carbons (Fsp3) is 0.250. The zero-order valence-corrected chi connectivity index (χ0v) is 18.2. The summed E-state index contributed by atoms with van der Waals surface area (Å²) < 4.78 is 36.7. The Hall–Kier alpha value is -3.48. The molecule has 0 unspecified atom stereocenters. The maximum absolute atomic E-state index is 12.4. The highest BCUT2D eigenvalue weighted by molar-refractivity contribution is 7.89. The highest BCUT2D eigenvalue weighted by atomic mass is 32.2. The summed E-state index contributed by atoms with van der Waals surface area (Å²) >= 11 is 0. The Morgan fingerprint density at radius 1 is 1.19 bits per heavy atom. The molecule has 0 aliphatic rings. The van der Waals surface area contributed by atoms with E-state index in [0.717, 1.165) is 6.07 Å². The van der Waals surface area contributed by atoms with Crippen LogP contribution in [0.3, 0.4) is 0 Å². The third kappa shape index (κ3) is 4.88. The van der Waals surface area contributed by atoms with Crippen LogP contribution in [0.25, 0.3) is 5.69 Å². The van der Waals surface area contributed by atoms with E-state index in [1.54, 1.807) is 24.4 Å². The van der Waals surface area contributed by atoms with Gasteiger partial charge in [-0.2, -0.15) is 5.10 Å². The number of benzene rings is 2. The first-order valence-corrected chi connectivity index (χ1v) is 10.9. The van der Waals surface area contributed by atoms with Crippen molar-refractivity contribution in [3.63, 3.8) is 0 Å². The number of nitrogens with zero attached hydrogens (tertiary/aromatic N) is 3. The Morgan fingerprint density at radius 2 is 1.94 bits per heavy atom. The highest BCUT2D eigenvalue weighted by Crippen LogP contribution is 2.33. The summed E-state index contributed by atoms with van der Waals surface area (Å²) in [5, 5.41) is 30.3. The first-order chi connectivity index (χ1) is 15.2. The molecule has 3 aromatic rings. The quantitative estimate of drug-likeness (QED) is 0.358. The smallest absolute Gasteiger partial charge is 0.271 e. The molecule has 0 spiro atoms. The zero-order chi connectivity index (χ0) is 23.5. The number of aliphatic hydroxyl groups is 1. The number of methoxy groups -OCH3 is 2. The van der Waals surface area contributed by atoms with Gasteiger partial charge in [0.05, 0.1) is 31.0 Å². The number of ether oxygens (including phenoxy) is 2. The number of hydrogen-bond donors (Lipinski definition) is 2. The van der Waals surface area contributed by atoms with Gasteiger partial charge in [-0.25, -0.2) is 18.2 Å². The van der Waals surface area contributed by atoms with Crippen LogP contribution in [0.5, 0.6) is 11.5 Å². The molecule has 32 heavy (non-hydrogen) atoms. The molecule has 2 aromatic carbocycles. The van der Waals surface area contributed by atoms with Crippen LogP contribution in [-0.2, 0) is 22.9 Å². The van der Waals surface area contributed by atoms with E-state index in [-0.39, 0.29) is 18.7 Å². The topological polar surface area (TPSA) is 160 Å².